The largest absolute Gasteiger partial charge is 0.288 e. The predicted octanol–water partition coefficient (Wildman–Crippen LogP) is 1.19. The lowest BCUT2D eigenvalue weighted by Gasteiger charge is -1.83. The van der Waals surface area contributed by atoms with Gasteiger partial charge in [-0.25, -0.2) is 0 Å². The maximum atomic E-state index is 11.2. The summed E-state index contributed by atoms with van der Waals surface area (Å²) < 4.78 is 11.2. The van der Waals surface area contributed by atoms with Crippen LogP contribution in [0.2, 0.25) is 0 Å². The van der Waals surface area contributed by atoms with E-state index in [9.17, 15) is 9.18 Å². The van der Waals surface area contributed by atoms with Crippen molar-refractivity contribution in [3.8, 4) is 0 Å². The van der Waals surface area contributed by atoms with E-state index in [1.165, 1.54) is 0 Å². The standard InChI is InChI=1S/C4H7FOS/c5-3-1-2-4(6)7/h1-3H2,(H,6,7). The second-order valence-electron chi connectivity index (χ2n) is 1.19. The van der Waals surface area contributed by atoms with Crippen LogP contribution in [-0.4, -0.2) is 11.8 Å². The van der Waals surface area contributed by atoms with Crippen LogP contribution in [0.15, 0.2) is 0 Å². The van der Waals surface area contributed by atoms with Gasteiger partial charge in [-0.05, 0) is 6.42 Å². The van der Waals surface area contributed by atoms with Gasteiger partial charge in [0.15, 0.2) is 5.12 Å². The smallest absolute Gasteiger partial charge is 0.186 e. The highest BCUT2D eigenvalue weighted by molar-refractivity contribution is 7.96. The molecule has 0 radical (unpaired) electrons. The van der Waals surface area contributed by atoms with E-state index in [-0.39, 0.29) is 11.5 Å². The molecule has 0 fully saturated rings. The maximum absolute atomic E-state index is 11.2. The summed E-state index contributed by atoms with van der Waals surface area (Å²) in [5.74, 6) is 0. The van der Waals surface area contributed by atoms with Gasteiger partial charge in [0.2, 0.25) is 0 Å². The number of hydrogen-bond donors (Lipinski definition) is 1. The third-order valence-electron chi connectivity index (χ3n) is 0.524. The Balaban J connectivity index is 2.82. The van der Waals surface area contributed by atoms with Crippen LogP contribution in [0.3, 0.4) is 0 Å². The van der Waals surface area contributed by atoms with E-state index in [1.54, 1.807) is 0 Å². The second-order valence-corrected chi connectivity index (χ2v) is 1.69. The van der Waals surface area contributed by atoms with Gasteiger partial charge in [0.1, 0.15) is 0 Å². The first-order valence-corrected chi connectivity index (χ1v) is 2.50. The molecule has 0 aliphatic carbocycles. The van der Waals surface area contributed by atoms with Gasteiger partial charge in [0.05, 0.1) is 6.67 Å². The zero-order chi connectivity index (χ0) is 5.70. The summed E-state index contributed by atoms with van der Waals surface area (Å²) in [5, 5.41) is -0.238. The molecule has 0 aliphatic rings. The van der Waals surface area contributed by atoms with Crippen LogP contribution in [0.1, 0.15) is 12.8 Å². The SMILES string of the molecule is O=C(S)CCCF. The normalized spacial score (nSPS) is 8.86. The minimum absolute atomic E-state index is 0.238. The van der Waals surface area contributed by atoms with Crippen LogP contribution < -0.4 is 0 Å². The van der Waals surface area contributed by atoms with Crippen molar-refractivity contribution in [2.45, 2.75) is 12.8 Å². The summed E-state index contributed by atoms with van der Waals surface area (Å²) in [5.41, 5.74) is 0. The van der Waals surface area contributed by atoms with E-state index in [4.69, 9.17) is 0 Å². The topological polar surface area (TPSA) is 17.1 Å². The summed E-state index contributed by atoms with van der Waals surface area (Å²) in [6, 6.07) is 0. The molecule has 0 atom stereocenters. The maximum Gasteiger partial charge on any atom is 0.186 e. The molecule has 3 heteroatoms. The Morgan fingerprint density at radius 3 is 2.43 bits per heavy atom. The Morgan fingerprint density at radius 1 is 1.71 bits per heavy atom. The van der Waals surface area contributed by atoms with Crippen molar-refractivity contribution in [1.29, 1.82) is 0 Å². The molecule has 0 spiro atoms. The summed E-state index contributed by atoms with van der Waals surface area (Å²) in [4.78, 5) is 9.90. The first-order chi connectivity index (χ1) is 3.27. The van der Waals surface area contributed by atoms with Crippen molar-refractivity contribution in [2.24, 2.45) is 0 Å². The lowest BCUT2D eigenvalue weighted by molar-refractivity contribution is -0.110. The Hall–Kier alpha value is -0.0500. The van der Waals surface area contributed by atoms with Gasteiger partial charge < -0.3 is 0 Å². The fraction of sp³-hybridized carbons (Fsp3) is 0.750. The van der Waals surface area contributed by atoms with Crippen LogP contribution >= 0.6 is 12.6 Å². The molecule has 0 saturated carbocycles. The highest BCUT2D eigenvalue weighted by Gasteiger charge is 1.90. The molecule has 0 aromatic carbocycles. The first-order valence-electron chi connectivity index (χ1n) is 2.05. The number of thiol groups is 1. The predicted molar refractivity (Wildman–Crippen MR) is 29.2 cm³/mol. The number of carbonyl (C=O) groups is 1. The molecule has 0 rings (SSSR count). The molecule has 0 amide bonds. The average molecular weight is 122 g/mol. The number of hydrogen-bond acceptors (Lipinski definition) is 1. The minimum atomic E-state index is -0.424. The molecule has 1 nitrogen and oxygen atoms in total. The van der Waals surface area contributed by atoms with Crippen LogP contribution in [0, 0.1) is 0 Å². The van der Waals surface area contributed by atoms with E-state index < -0.39 is 6.67 Å². The Bertz CT molecular complexity index is 64.7. The van der Waals surface area contributed by atoms with Crippen molar-refractivity contribution in [2.75, 3.05) is 6.67 Å². The highest BCUT2D eigenvalue weighted by atomic mass is 32.1. The second kappa shape index (κ2) is 4.12. The summed E-state index contributed by atoms with van der Waals surface area (Å²) in [7, 11) is 0. The van der Waals surface area contributed by atoms with Gasteiger partial charge >= 0.3 is 0 Å². The van der Waals surface area contributed by atoms with Gasteiger partial charge in [-0.2, -0.15) is 0 Å². The number of carbonyl (C=O) groups excluding carboxylic acids is 1. The molecule has 0 aromatic heterocycles. The van der Waals surface area contributed by atoms with Crippen LogP contribution in [0.25, 0.3) is 0 Å². The fourth-order valence-electron chi connectivity index (χ4n) is 0.218. The lowest BCUT2D eigenvalue weighted by atomic mass is 10.4. The van der Waals surface area contributed by atoms with Gasteiger partial charge in [-0.15, -0.1) is 12.6 Å². The Kier molecular flexibility index (Phi) is 4.09. The third kappa shape index (κ3) is 5.95. The average Bonchev–Trinajstić information content (AvgIpc) is 1.61. The Labute approximate surface area is 47.3 Å². The molecule has 0 heterocycles. The van der Waals surface area contributed by atoms with Crippen molar-refractivity contribution in [3.63, 3.8) is 0 Å². The summed E-state index contributed by atoms with van der Waals surface area (Å²) in [6.07, 6.45) is 0.557. The molecule has 0 saturated heterocycles. The van der Waals surface area contributed by atoms with Gasteiger partial charge in [0.25, 0.3) is 0 Å². The van der Waals surface area contributed by atoms with Gasteiger partial charge in [-0.1, -0.05) is 0 Å². The van der Waals surface area contributed by atoms with E-state index in [1.807, 2.05) is 0 Å². The molecule has 0 N–H and O–H groups in total. The molecule has 42 valence electrons. The van der Waals surface area contributed by atoms with Crippen molar-refractivity contribution < 1.29 is 9.18 Å². The molecule has 0 aliphatic heterocycles. The molecular formula is C4H7FOS. The molecule has 7 heavy (non-hydrogen) atoms. The number of alkyl halides is 1. The lowest BCUT2D eigenvalue weighted by Crippen LogP contribution is -1.85. The van der Waals surface area contributed by atoms with E-state index in [2.05, 4.69) is 12.6 Å². The van der Waals surface area contributed by atoms with E-state index in [0.29, 0.717) is 6.42 Å². The summed E-state index contributed by atoms with van der Waals surface area (Å²) in [6.45, 7) is -0.424. The zero-order valence-corrected chi connectivity index (χ0v) is 4.75. The zero-order valence-electron chi connectivity index (χ0n) is 3.85. The van der Waals surface area contributed by atoms with Crippen molar-refractivity contribution >= 4 is 17.7 Å². The van der Waals surface area contributed by atoms with E-state index >= 15 is 0 Å². The number of rotatable bonds is 3. The third-order valence-corrected chi connectivity index (χ3v) is 0.748. The molecule has 0 bridgehead atoms. The van der Waals surface area contributed by atoms with Crippen LogP contribution in [0.5, 0.6) is 0 Å². The first kappa shape index (κ1) is 6.95. The summed E-state index contributed by atoms with van der Waals surface area (Å²) >= 11 is 3.43. The molecular weight excluding hydrogens is 115 g/mol. The van der Waals surface area contributed by atoms with E-state index in [0.717, 1.165) is 0 Å². The number of halogens is 1. The van der Waals surface area contributed by atoms with Crippen LogP contribution in [-0.2, 0) is 4.79 Å². The van der Waals surface area contributed by atoms with Gasteiger partial charge in [0, 0.05) is 6.42 Å². The van der Waals surface area contributed by atoms with Crippen LogP contribution in [0.4, 0.5) is 4.39 Å². The van der Waals surface area contributed by atoms with Crippen molar-refractivity contribution in [1.82, 2.24) is 0 Å². The highest BCUT2D eigenvalue weighted by Crippen LogP contribution is 1.92. The van der Waals surface area contributed by atoms with Gasteiger partial charge in [-0.3, -0.25) is 9.18 Å². The molecule has 0 unspecified atom stereocenters. The van der Waals surface area contributed by atoms with Crippen molar-refractivity contribution in [3.05, 3.63) is 0 Å². The quantitative estimate of drug-likeness (QED) is 0.556. The fourth-order valence-corrected chi connectivity index (χ4v) is 0.376. The minimum Gasteiger partial charge on any atom is -0.288 e. The monoisotopic (exact) mass is 122 g/mol. The Morgan fingerprint density at radius 2 is 2.29 bits per heavy atom. The molecule has 0 aromatic rings.